The third-order valence-corrected chi connectivity index (χ3v) is 4.43. The first-order chi connectivity index (χ1) is 11.7. The number of carbonyl (C=O) groups excluding carboxylic acids is 1. The Kier molecular flexibility index (Phi) is 5.67. The van der Waals surface area contributed by atoms with Gasteiger partial charge in [-0.3, -0.25) is 5.32 Å². The van der Waals surface area contributed by atoms with Gasteiger partial charge < -0.3 is 5.32 Å². The first kappa shape index (κ1) is 16.7. The Bertz CT molecular complexity index is 658. The summed E-state index contributed by atoms with van der Waals surface area (Å²) >= 11 is 1.39. The second-order valence-electron chi connectivity index (χ2n) is 5.39. The summed E-state index contributed by atoms with van der Waals surface area (Å²) in [4.78, 5) is 12.0. The number of urea groups is 1. The molecule has 2 heterocycles. The molecule has 0 bridgehead atoms. The van der Waals surface area contributed by atoms with Crippen molar-refractivity contribution in [2.75, 3.05) is 5.32 Å². The fourth-order valence-electron chi connectivity index (χ4n) is 2.24. The number of anilines is 1. The lowest BCUT2D eigenvalue weighted by Crippen LogP contribution is -2.52. The van der Waals surface area contributed by atoms with E-state index in [9.17, 15) is 4.79 Å². The lowest BCUT2D eigenvalue weighted by molar-refractivity contribution is 0.245. The molecule has 1 saturated heterocycles. The van der Waals surface area contributed by atoms with E-state index < -0.39 is 0 Å². The van der Waals surface area contributed by atoms with Crippen LogP contribution in [0, 0.1) is 0 Å². The van der Waals surface area contributed by atoms with Gasteiger partial charge in [-0.1, -0.05) is 41.7 Å². The minimum atomic E-state index is -0.316. The molecule has 3 rings (SSSR count). The van der Waals surface area contributed by atoms with E-state index >= 15 is 0 Å². The van der Waals surface area contributed by atoms with Crippen molar-refractivity contribution in [3.63, 3.8) is 0 Å². The summed E-state index contributed by atoms with van der Waals surface area (Å²) in [6, 6.07) is 9.76. The molecular formula is C14H20N8OS. The average molecular weight is 348 g/mol. The summed E-state index contributed by atoms with van der Waals surface area (Å²) in [5.74, 6) is 0. The third kappa shape index (κ3) is 4.69. The lowest BCUT2D eigenvalue weighted by atomic mass is 10.1. The molecule has 6 N–H and O–H groups in total. The van der Waals surface area contributed by atoms with Crippen LogP contribution in [0.4, 0.5) is 9.93 Å². The quantitative estimate of drug-likeness (QED) is 0.444. The third-order valence-electron chi connectivity index (χ3n) is 3.53. The van der Waals surface area contributed by atoms with Gasteiger partial charge in [-0.2, -0.15) is 11.1 Å². The van der Waals surface area contributed by atoms with E-state index in [0.29, 0.717) is 5.13 Å². The molecule has 10 heteroatoms. The Morgan fingerprint density at radius 1 is 1.21 bits per heavy atom. The van der Waals surface area contributed by atoms with Crippen molar-refractivity contribution in [3.8, 4) is 0 Å². The topological polar surface area (TPSA) is 115 Å². The zero-order valence-corrected chi connectivity index (χ0v) is 14.0. The predicted molar refractivity (Wildman–Crippen MR) is 91.7 cm³/mol. The van der Waals surface area contributed by atoms with Crippen molar-refractivity contribution in [3.05, 3.63) is 40.9 Å². The molecule has 0 aliphatic carbocycles. The van der Waals surface area contributed by atoms with Crippen molar-refractivity contribution in [1.29, 1.82) is 0 Å². The molecule has 1 fully saturated rings. The van der Waals surface area contributed by atoms with E-state index in [1.807, 2.05) is 25.1 Å². The van der Waals surface area contributed by atoms with Crippen LogP contribution in [-0.4, -0.2) is 28.4 Å². The Labute approximate surface area is 143 Å². The van der Waals surface area contributed by atoms with Crippen LogP contribution in [0.3, 0.4) is 0 Å². The van der Waals surface area contributed by atoms with Crippen molar-refractivity contribution in [1.82, 2.24) is 37.4 Å². The minimum absolute atomic E-state index is 0.119. The van der Waals surface area contributed by atoms with E-state index in [-0.39, 0.29) is 18.2 Å². The number of benzene rings is 1. The zero-order valence-electron chi connectivity index (χ0n) is 13.2. The number of aromatic nitrogens is 2. The Balaban J connectivity index is 1.45. The number of nitrogens with zero attached hydrogens (tertiary/aromatic N) is 2. The van der Waals surface area contributed by atoms with Crippen LogP contribution in [0.1, 0.15) is 17.5 Å². The molecule has 1 atom stereocenters. The van der Waals surface area contributed by atoms with Crippen LogP contribution in [0.5, 0.6) is 0 Å². The summed E-state index contributed by atoms with van der Waals surface area (Å²) in [6.45, 7) is 1.88. The van der Waals surface area contributed by atoms with Crippen molar-refractivity contribution < 1.29 is 4.79 Å². The van der Waals surface area contributed by atoms with Crippen LogP contribution < -0.4 is 32.6 Å². The highest BCUT2D eigenvalue weighted by Gasteiger charge is 2.22. The van der Waals surface area contributed by atoms with Gasteiger partial charge in [-0.15, -0.1) is 10.2 Å². The smallest absolute Gasteiger partial charge is 0.321 e. The second-order valence-corrected chi connectivity index (χ2v) is 6.45. The number of nitrogens with one attached hydrogen (secondary N) is 6. The number of aryl methyl sites for hydroxylation is 2. The number of hydrogen-bond donors (Lipinski definition) is 6. The highest BCUT2D eigenvalue weighted by molar-refractivity contribution is 7.15. The fraction of sp³-hybridized carbons (Fsp3) is 0.357. The highest BCUT2D eigenvalue weighted by atomic mass is 32.1. The summed E-state index contributed by atoms with van der Waals surface area (Å²) in [6.07, 6.45) is 1.58. The van der Waals surface area contributed by atoms with Gasteiger partial charge in [0.05, 0.1) is 6.04 Å². The van der Waals surface area contributed by atoms with Crippen LogP contribution in [0.2, 0.25) is 0 Å². The van der Waals surface area contributed by atoms with Crippen molar-refractivity contribution in [2.24, 2.45) is 0 Å². The molecule has 1 unspecified atom stereocenters. The molecule has 2 aromatic rings. The van der Waals surface area contributed by atoms with Crippen molar-refractivity contribution in [2.45, 2.75) is 32.0 Å². The normalized spacial score (nSPS) is 16.0. The van der Waals surface area contributed by atoms with Gasteiger partial charge in [-0.05, 0) is 18.9 Å². The van der Waals surface area contributed by atoms with Gasteiger partial charge in [0.2, 0.25) is 5.13 Å². The molecule has 128 valence electrons. The number of carbonyl (C=O) groups is 1. The molecule has 0 spiro atoms. The van der Waals surface area contributed by atoms with Crippen LogP contribution in [0.25, 0.3) is 0 Å². The van der Waals surface area contributed by atoms with Crippen molar-refractivity contribution >= 4 is 22.5 Å². The SMILES string of the molecule is CC(NC(=O)Nc1nnc(CCc2ccccc2)s1)C1NNNN1. The standard InChI is InChI=1S/C14H20N8OS/c1-9(12-18-21-22-19-12)15-13(23)16-14-20-17-11(24-14)8-7-10-5-3-2-4-6-10/h2-6,9,12,18-19,21-22H,7-8H2,1H3,(H2,15,16,20,23). The maximum atomic E-state index is 12.0. The molecule has 0 radical (unpaired) electrons. The molecule has 1 aliphatic heterocycles. The molecule has 1 aromatic carbocycles. The number of rotatable bonds is 6. The lowest BCUT2D eigenvalue weighted by Gasteiger charge is -2.19. The first-order valence-electron chi connectivity index (χ1n) is 7.65. The summed E-state index contributed by atoms with van der Waals surface area (Å²) < 4.78 is 0. The summed E-state index contributed by atoms with van der Waals surface area (Å²) in [7, 11) is 0. The first-order valence-corrected chi connectivity index (χ1v) is 8.47. The zero-order chi connectivity index (χ0) is 16.8. The van der Waals surface area contributed by atoms with E-state index in [0.717, 1.165) is 17.8 Å². The highest BCUT2D eigenvalue weighted by Crippen LogP contribution is 2.17. The number of hydrogen-bond acceptors (Lipinski definition) is 8. The van der Waals surface area contributed by atoms with Gasteiger partial charge in [-0.25, -0.2) is 15.6 Å². The monoisotopic (exact) mass is 348 g/mol. The van der Waals surface area contributed by atoms with Gasteiger partial charge in [0.25, 0.3) is 0 Å². The summed E-state index contributed by atoms with van der Waals surface area (Å²) in [5.41, 5.74) is 12.5. The maximum Gasteiger partial charge on any atom is 0.321 e. The largest absolute Gasteiger partial charge is 0.332 e. The Morgan fingerprint density at radius 3 is 2.71 bits per heavy atom. The van der Waals surface area contributed by atoms with Crippen LogP contribution >= 0.6 is 11.3 Å². The molecule has 24 heavy (non-hydrogen) atoms. The number of hydrazine groups is 3. The molecule has 1 aliphatic rings. The predicted octanol–water partition coefficient (Wildman–Crippen LogP) is 0.276. The van der Waals surface area contributed by atoms with E-state index in [1.54, 1.807) is 0 Å². The molecule has 2 amide bonds. The second kappa shape index (κ2) is 8.13. The van der Waals surface area contributed by atoms with Gasteiger partial charge >= 0.3 is 6.03 Å². The van der Waals surface area contributed by atoms with E-state index in [1.165, 1.54) is 16.9 Å². The molecule has 1 aromatic heterocycles. The summed E-state index contributed by atoms with van der Waals surface area (Å²) in [5, 5.41) is 15.1. The number of amides is 2. The van der Waals surface area contributed by atoms with E-state index in [2.05, 4.69) is 54.9 Å². The Hall–Kier alpha value is -2.11. The average Bonchev–Trinajstić information content (AvgIpc) is 3.25. The van der Waals surface area contributed by atoms with Gasteiger partial charge in [0, 0.05) is 6.42 Å². The van der Waals surface area contributed by atoms with Crippen LogP contribution in [-0.2, 0) is 12.8 Å². The van der Waals surface area contributed by atoms with Gasteiger partial charge in [0.1, 0.15) is 11.2 Å². The van der Waals surface area contributed by atoms with E-state index in [4.69, 9.17) is 0 Å². The maximum absolute atomic E-state index is 12.0. The molecule has 0 saturated carbocycles. The molecule has 9 nitrogen and oxygen atoms in total. The Morgan fingerprint density at radius 2 is 1.96 bits per heavy atom. The van der Waals surface area contributed by atoms with Crippen LogP contribution in [0.15, 0.2) is 30.3 Å². The minimum Gasteiger partial charge on any atom is -0.332 e. The van der Waals surface area contributed by atoms with Gasteiger partial charge in [0.15, 0.2) is 0 Å². The molecular weight excluding hydrogens is 328 g/mol. The fourth-order valence-corrected chi connectivity index (χ4v) is 2.97.